The molecule has 6 heteroatoms. The first-order valence-corrected chi connectivity index (χ1v) is 7.80. The fraction of sp³-hybridized carbons (Fsp3) is 0.529. The number of amides is 1. The molecule has 0 saturated carbocycles. The highest BCUT2D eigenvalue weighted by Gasteiger charge is 2.28. The van der Waals surface area contributed by atoms with E-state index in [1.807, 2.05) is 12.1 Å². The van der Waals surface area contributed by atoms with Crippen LogP contribution in [-0.4, -0.2) is 62.5 Å². The number of nitrogens with zero attached hydrogens (tertiary/aromatic N) is 2. The maximum absolute atomic E-state index is 12.3. The van der Waals surface area contributed by atoms with E-state index < -0.39 is 0 Å². The first-order chi connectivity index (χ1) is 11.0. The molecule has 0 atom stereocenters. The Morgan fingerprint density at radius 1 is 1.35 bits per heavy atom. The quantitative estimate of drug-likeness (QED) is 0.638. The van der Waals surface area contributed by atoms with Crippen molar-refractivity contribution in [2.45, 2.75) is 19.4 Å². The molecular formula is C17H25N3O3. The van der Waals surface area contributed by atoms with Crippen molar-refractivity contribution in [3.8, 4) is 0 Å². The Labute approximate surface area is 137 Å². The molecule has 0 bridgehead atoms. The van der Waals surface area contributed by atoms with Crippen LogP contribution in [0, 0.1) is 0 Å². The predicted octanol–water partition coefficient (Wildman–Crippen LogP) is 1.51. The van der Waals surface area contributed by atoms with Gasteiger partial charge in [0.1, 0.15) is 7.11 Å². The molecule has 0 aromatic heterocycles. The smallest absolute Gasteiger partial charge is 0.251 e. The summed E-state index contributed by atoms with van der Waals surface area (Å²) < 4.78 is 5.38. The number of morpholine rings is 1. The predicted molar refractivity (Wildman–Crippen MR) is 89.8 cm³/mol. The summed E-state index contributed by atoms with van der Waals surface area (Å²) in [7, 11) is 1.49. The summed E-state index contributed by atoms with van der Waals surface area (Å²) >= 11 is 0. The third-order valence-corrected chi connectivity index (χ3v) is 4.03. The van der Waals surface area contributed by atoms with Gasteiger partial charge in [-0.15, -0.1) is 0 Å². The summed E-state index contributed by atoms with van der Waals surface area (Å²) in [6.45, 7) is 8.18. The Morgan fingerprint density at radius 2 is 2.00 bits per heavy atom. The van der Waals surface area contributed by atoms with Crippen molar-refractivity contribution in [2.24, 2.45) is 5.16 Å². The van der Waals surface area contributed by atoms with Gasteiger partial charge >= 0.3 is 0 Å². The van der Waals surface area contributed by atoms with Crippen LogP contribution >= 0.6 is 0 Å². The van der Waals surface area contributed by atoms with Gasteiger partial charge in [0.05, 0.1) is 19.4 Å². The number of nitrogens with one attached hydrogen (secondary N) is 1. The van der Waals surface area contributed by atoms with Gasteiger partial charge in [0, 0.05) is 30.7 Å². The van der Waals surface area contributed by atoms with Gasteiger partial charge in [-0.25, -0.2) is 0 Å². The number of carbonyl (C=O) groups is 1. The molecule has 1 saturated heterocycles. The molecule has 1 aromatic carbocycles. The highest BCUT2D eigenvalue weighted by molar-refractivity contribution is 5.95. The molecule has 1 N–H and O–H groups in total. The van der Waals surface area contributed by atoms with Gasteiger partial charge in [-0.3, -0.25) is 9.69 Å². The maximum atomic E-state index is 12.3. The van der Waals surface area contributed by atoms with Crippen LogP contribution in [0.5, 0.6) is 0 Å². The van der Waals surface area contributed by atoms with Crippen molar-refractivity contribution in [3.05, 3.63) is 35.4 Å². The average Bonchev–Trinajstić information content (AvgIpc) is 2.59. The second-order valence-electron chi connectivity index (χ2n) is 6.13. The lowest BCUT2D eigenvalue weighted by Crippen LogP contribution is -2.55. The lowest BCUT2D eigenvalue weighted by Gasteiger charge is -2.40. The summed E-state index contributed by atoms with van der Waals surface area (Å²) in [6, 6.07) is 7.25. The van der Waals surface area contributed by atoms with Crippen LogP contribution in [0.4, 0.5) is 0 Å². The zero-order valence-electron chi connectivity index (χ0n) is 14.0. The van der Waals surface area contributed by atoms with Crippen molar-refractivity contribution in [3.63, 3.8) is 0 Å². The van der Waals surface area contributed by atoms with E-state index in [2.05, 4.69) is 34.1 Å². The van der Waals surface area contributed by atoms with E-state index in [4.69, 9.17) is 4.74 Å². The van der Waals surface area contributed by atoms with E-state index in [9.17, 15) is 4.79 Å². The van der Waals surface area contributed by atoms with E-state index in [-0.39, 0.29) is 11.4 Å². The summed E-state index contributed by atoms with van der Waals surface area (Å²) in [5.41, 5.74) is 1.43. The van der Waals surface area contributed by atoms with Gasteiger partial charge in [-0.2, -0.15) is 0 Å². The molecular weight excluding hydrogens is 294 g/mol. The van der Waals surface area contributed by atoms with Crippen LogP contribution in [-0.2, 0) is 9.57 Å². The summed E-state index contributed by atoms with van der Waals surface area (Å²) in [5.74, 6) is -0.0680. The van der Waals surface area contributed by atoms with Crippen LogP contribution in [0.1, 0.15) is 29.8 Å². The Hall–Kier alpha value is -1.92. The second kappa shape index (κ2) is 8.08. The lowest BCUT2D eigenvalue weighted by atomic mass is 10.0. The van der Waals surface area contributed by atoms with Gasteiger partial charge in [0.2, 0.25) is 0 Å². The summed E-state index contributed by atoms with van der Waals surface area (Å²) in [6.07, 6.45) is 1.60. The summed E-state index contributed by atoms with van der Waals surface area (Å²) in [4.78, 5) is 19.3. The molecule has 1 aliphatic heterocycles. The van der Waals surface area contributed by atoms with Crippen molar-refractivity contribution in [1.82, 2.24) is 10.2 Å². The molecule has 0 unspecified atom stereocenters. The number of oxime groups is 1. The summed E-state index contributed by atoms with van der Waals surface area (Å²) in [5, 5.41) is 6.72. The Kier molecular flexibility index (Phi) is 6.12. The van der Waals surface area contributed by atoms with Crippen LogP contribution in [0.3, 0.4) is 0 Å². The van der Waals surface area contributed by atoms with Crippen LogP contribution in [0.25, 0.3) is 0 Å². The van der Waals surface area contributed by atoms with E-state index in [0.717, 1.165) is 31.9 Å². The molecule has 0 spiro atoms. The highest BCUT2D eigenvalue weighted by atomic mass is 16.6. The number of carbonyl (C=O) groups excluding carboxylic acids is 1. The topological polar surface area (TPSA) is 63.2 Å². The number of benzene rings is 1. The minimum absolute atomic E-state index is 0.0680. The second-order valence-corrected chi connectivity index (χ2v) is 6.13. The van der Waals surface area contributed by atoms with Crippen molar-refractivity contribution in [2.75, 3.05) is 40.0 Å². The molecule has 0 radical (unpaired) electrons. The monoisotopic (exact) mass is 319 g/mol. The Morgan fingerprint density at radius 3 is 2.61 bits per heavy atom. The van der Waals surface area contributed by atoms with E-state index >= 15 is 0 Å². The number of hydrogen-bond donors (Lipinski definition) is 1. The fourth-order valence-corrected chi connectivity index (χ4v) is 2.51. The molecule has 1 aliphatic rings. The average molecular weight is 319 g/mol. The normalized spacial score (nSPS) is 16.5. The van der Waals surface area contributed by atoms with Gasteiger partial charge in [-0.05, 0) is 31.5 Å². The van der Waals surface area contributed by atoms with E-state index in [0.29, 0.717) is 12.1 Å². The SMILES string of the molecule is CO/N=C/c1ccc(C(=O)NCC(C)(C)N2CCOCC2)cc1. The lowest BCUT2D eigenvalue weighted by molar-refractivity contribution is -0.00923. The van der Waals surface area contributed by atoms with Crippen LogP contribution in [0.2, 0.25) is 0 Å². The van der Waals surface area contributed by atoms with Gasteiger partial charge in [0.15, 0.2) is 0 Å². The van der Waals surface area contributed by atoms with Crippen molar-refractivity contribution in [1.29, 1.82) is 0 Å². The molecule has 23 heavy (non-hydrogen) atoms. The van der Waals surface area contributed by atoms with Gasteiger partial charge in [-0.1, -0.05) is 17.3 Å². The van der Waals surface area contributed by atoms with E-state index in [1.54, 1.807) is 18.3 Å². The minimum atomic E-state index is -0.0928. The molecule has 1 aromatic rings. The first-order valence-electron chi connectivity index (χ1n) is 7.80. The molecule has 1 amide bonds. The Balaban J connectivity index is 1.89. The number of rotatable bonds is 6. The largest absolute Gasteiger partial charge is 0.399 e. The molecule has 1 fully saturated rings. The van der Waals surface area contributed by atoms with E-state index in [1.165, 1.54) is 7.11 Å². The molecule has 126 valence electrons. The number of hydrogen-bond acceptors (Lipinski definition) is 5. The molecule has 6 nitrogen and oxygen atoms in total. The minimum Gasteiger partial charge on any atom is -0.399 e. The fourth-order valence-electron chi connectivity index (χ4n) is 2.51. The van der Waals surface area contributed by atoms with Crippen molar-refractivity contribution < 1.29 is 14.4 Å². The van der Waals surface area contributed by atoms with Gasteiger partial charge in [0.25, 0.3) is 5.91 Å². The van der Waals surface area contributed by atoms with Crippen LogP contribution < -0.4 is 5.32 Å². The Bertz CT molecular complexity index is 535. The molecule has 1 heterocycles. The zero-order valence-corrected chi connectivity index (χ0v) is 14.0. The standard InChI is InChI=1S/C17H25N3O3/c1-17(2,20-8-10-23-11-9-20)13-18-16(21)15-6-4-14(5-7-15)12-19-22-3/h4-7,12H,8-11,13H2,1-3H3,(H,18,21)/b19-12+. The first kappa shape index (κ1) is 17.4. The third kappa shape index (κ3) is 5.04. The molecule has 0 aliphatic carbocycles. The van der Waals surface area contributed by atoms with Crippen LogP contribution in [0.15, 0.2) is 29.4 Å². The van der Waals surface area contributed by atoms with Gasteiger partial charge < -0.3 is 14.9 Å². The van der Waals surface area contributed by atoms with Crippen molar-refractivity contribution >= 4 is 12.1 Å². The number of ether oxygens (including phenoxy) is 1. The highest BCUT2D eigenvalue weighted by Crippen LogP contribution is 2.15. The zero-order chi connectivity index (χ0) is 16.7. The molecule has 2 rings (SSSR count). The maximum Gasteiger partial charge on any atom is 0.251 e. The third-order valence-electron chi connectivity index (χ3n) is 4.03.